The van der Waals surface area contributed by atoms with Crippen molar-refractivity contribution in [3.8, 4) is 11.5 Å². The number of benzene rings is 2. The number of halogens is 1. The molecule has 0 aliphatic rings. The summed E-state index contributed by atoms with van der Waals surface area (Å²) in [4.78, 5) is 12.3. The van der Waals surface area contributed by atoms with Crippen molar-refractivity contribution in [1.82, 2.24) is 0 Å². The molecule has 1 amide bonds. The maximum atomic E-state index is 12.3. The van der Waals surface area contributed by atoms with Gasteiger partial charge in [-0.1, -0.05) is 28.1 Å². The van der Waals surface area contributed by atoms with E-state index >= 15 is 0 Å². The van der Waals surface area contributed by atoms with Crippen LogP contribution in [0.3, 0.4) is 0 Å². The van der Waals surface area contributed by atoms with E-state index in [1.807, 2.05) is 18.2 Å². The summed E-state index contributed by atoms with van der Waals surface area (Å²) < 4.78 is 11.2. The van der Waals surface area contributed by atoms with Crippen molar-refractivity contribution in [2.75, 3.05) is 19.5 Å². The number of para-hydroxylation sites is 2. The van der Waals surface area contributed by atoms with Gasteiger partial charge < -0.3 is 14.8 Å². The Balaban J connectivity index is 2.30. The van der Waals surface area contributed by atoms with Crippen LogP contribution < -0.4 is 14.8 Å². The highest BCUT2D eigenvalue weighted by molar-refractivity contribution is 9.10. The second-order valence-electron chi connectivity index (χ2n) is 4.00. The van der Waals surface area contributed by atoms with Gasteiger partial charge in [0.15, 0.2) is 0 Å². The van der Waals surface area contributed by atoms with Crippen molar-refractivity contribution < 1.29 is 14.3 Å². The van der Waals surface area contributed by atoms with Crippen LogP contribution in [0.25, 0.3) is 0 Å². The molecule has 1 N–H and O–H groups in total. The molecule has 0 bridgehead atoms. The first kappa shape index (κ1) is 14.4. The summed E-state index contributed by atoms with van der Waals surface area (Å²) in [5.41, 5.74) is 1.06. The van der Waals surface area contributed by atoms with E-state index in [0.29, 0.717) is 22.7 Å². The summed E-state index contributed by atoms with van der Waals surface area (Å²) in [5.74, 6) is 0.864. The minimum Gasteiger partial charge on any atom is -0.496 e. The summed E-state index contributed by atoms with van der Waals surface area (Å²) in [6, 6.07) is 12.5. The Morgan fingerprint density at radius 3 is 2.45 bits per heavy atom. The third kappa shape index (κ3) is 3.11. The fourth-order valence-electron chi connectivity index (χ4n) is 1.80. The lowest BCUT2D eigenvalue weighted by Gasteiger charge is -2.12. The molecular formula is C15H14BrNO3. The molecule has 5 heteroatoms. The maximum Gasteiger partial charge on any atom is 0.259 e. The topological polar surface area (TPSA) is 47.6 Å². The third-order valence-electron chi connectivity index (χ3n) is 2.76. The first-order valence-electron chi connectivity index (χ1n) is 5.93. The highest BCUT2D eigenvalue weighted by Crippen LogP contribution is 2.27. The van der Waals surface area contributed by atoms with Crippen LogP contribution in [0.15, 0.2) is 46.9 Å². The van der Waals surface area contributed by atoms with Gasteiger partial charge in [0.2, 0.25) is 0 Å². The Hall–Kier alpha value is -2.01. The zero-order valence-corrected chi connectivity index (χ0v) is 12.7. The summed E-state index contributed by atoms with van der Waals surface area (Å²) in [6.07, 6.45) is 0. The predicted octanol–water partition coefficient (Wildman–Crippen LogP) is 3.72. The summed E-state index contributed by atoms with van der Waals surface area (Å²) in [7, 11) is 3.09. The average molecular weight is 336 g/mol. The van der Waals surface area contributed by atoms with Gasteiger partial charge in [0.1, 0.15) is 11.5 Å². The van der Waals surface area contributed by atoms with Gasteiger partial charge in [0, 0.05) is 4.47 Å². The number of anilines is 1. The number of carbonyl (C=O) groups excluding carboxylic acids is 1. The van der Waals surface area contributed by atoms with Crippen molar-refractivity contribution in [3.05, 3.63) is 52.5 Å². The lowest BCUT2D eigenvalue weighted by molar-refractivity contribution is 0.102. The lowest BCUT2D eigenvalue weighted by Crippen LogP contribution is -2.13. The maximum absolute atomic E-state index is 12.3. The second kappa shape index (κ2) is 6.43. The van der Waals surface area contributed by atoms with Crippen LogP contribution in [0.2, 0.25) is 0 Å². The van der Waals surface area contributed by atoms with Gasteiger partial charge in [-0.2, -0.15) is 0 Å². The van der Waals surface area contributed by atoms with Gasteiger partial charge >= 0.3 is 0 Å². The van der Waals surface area contributed by atoms with Gasteiger partial charge in [-0.25, -0.2) is 0 Å². The molecule has 4 nitrogen and oxygen atoms in total. The van der Waals surface area contributed by atoms with Crippen LogP contribution >= 0.6 is 15.9 Å². The molecule has 0 radical (unpaired) electrons. The van der Waals surface area contributed by atoms with Gasteiger partial charge in [0.25, 0.3) is 5.91 Å². The zero-order chi connectivity index (χ0) is 14.5. The van der Waals surface area contributed by atoms with Gasteiger partial charge in [0.05, 0.1) is 25.5 Å². The molecule has 0 aromatic heterocycles. The van der Waals surface area contributed by atoms with E-state index in [0.717, 1.165) is 4.47 Å². The van der Waals surface area contributed by atoms with Crippen LogP contribution in [0.4, 0.5) is 5.69 Å². The van der Waals surface area contributed by atoms with Crippen molar-refractivity contribution >= 4 is 27.5 Å². The molecule has 20 heavy (non-hydrogen) atoms. The van der Waals surface area contributed by atoms with Crippen LogP contribution in [-0.4, -0.2) is 20.1 Å². The summed E-state index contributed by atoms with van der Waals surface area (Å²) >= 11 is 3.35. The first-order chi connectivity index (χ1) is 9.65. The average Bonchev–Trinajstić information content (AvgIpc) is 2.47. The van der Waals surface area contributed by atoms with E-state index in [-0.39, 0.29) is 5.91 Å². The zero-order valence-electron chi connectivity index (χ0n) is 11.1. The SMILES string of the molecule is COc1ccccc1NC(=O)c1cc(Br)ccc1OC. The molecule has 0 saturated carbocycles. The first-order valence-corrected chi connectivity index (χ1v) is 6.73. The largest absolute Gasteiger partial charge is 0.496 e. The van der Waals surface area contributed by atoms with Crippen molar-refractivity contribution in [1.29, 1.82) is 0 Å². The summed E-state index contributed by atoms with van der Waals surface area (Å²) in [6.45, 7) is 0. The second-order valence-corrected chi connectivity index (χ2v) is 4.91. The molecule has 2 rings (SSSR count). The van der Waals surface area contributed by atoms with Gasteiger partial charge in [-0.3, -0.25) is 4.79 Å². The normalized spacial score (nSPS) is 9.95. The molecule has 2 aromatic carbocycles. The quantitative estimate of drug-likeness (QED) is 0.926. The minimum absolute atomic E-state index is 0.257. The summed E-state index contributed by atoms with van der Waals surface area (Å²) in [5, 5.41) is 2.81. The molecule has 0 aliphatic heterocycles. The number of methoxy groups -OCH3 is 2. The third-order valence-corrected chi connectivity index (χ3v) is 3.25. The van der Waals surface area contributed by atoms with Crippen molar-refractivity contribution in [3.63, 3.8) is 0 Å². The van der Waals surface area contributed by atoms with E-state index in [4.69, 9.17) is 9.47 Å². The molecular weight excluding hydrogens is 322 g/mol. The van der Waals surface area contributed by atoms with Crippen LogP contribution in [0, 0.1) is 0 Å². The highest BCUT2D eigenvalue weighted by atomic mass is 79.9. The van der Waals surface area contributed by atoms with Crippen molar-refractivity contribution in [2.45, 2.75) is 0 Å². The molecule has 0 aliphatic carbocycles. The van der Waals surface area contributed by atoms with E-state index in [9.17, 15) is 4.79 Å². The van der Waals surface area contributed by atoms with E-state index in [1.54, 1.807) is 31.4 Å². The molecule has 0 spiro atoms. The van der Waals surface area contributed by atoms with E-state index in [1.165, 1.54) is 7.11 Å². The molecule has 2 aromatic rings. The number of rotatable bonds is 4. The lowest BCUT2D eigenvalue weighted by atomic mass is 10.2. The Bertz CT molecular complexity index is 628. The predicted molar refractivity (Wildman–Crippen MR) is 81.6 cm³/mol. The van der Waals surface area contributed by atoms with E-state index in [2.05, 4.69) is 21.2 Å². The number of carbonyl (C=O) groups is 1. The van der Waals surface area contributed by atoms with Gasteiger partial charge in [-0.05, 0) is 30.3 Å². The molecule has 0 atom stereocenters. The van der Waals surface area contributed by atoms with Gasteiger partial charge in [-0.15, -0.1) is 0 Å². The molecule has 0 saturated heterocycles. The monoisotopic (exact) mass is 335 g/mol. The van der Waals surface area contributed by atoms with Crippen molar-refractivity contribution in [2.24, 2.45) is 0 Å². The standard InChI is InChI=1S/C15H14BrNO3/c1-19-13-8-7-10(16)9-11(13)15(18)17-12-5-3-4-6-14(12)20-2/h3-9H,1-2H3,(H,17,18). The Labute approximate surface area is 125 Å². The Kier molecular flexibility index (Phi) is 4.63. The van der Waals surface area contributed by atoms with Crippen LogP contribution in [-0.2, 0) is 0 Å². The molecule has 0 unspecified atom stereocenters. The van der Waals surface area contributed by atoms with Crippen LogP contribution in [0.5, 0.6) is 11.5 Å². The number of ether oxygens (including phenoxy) is 2. The highest BCUT2D eigenvalue weighted by Gasteiger charge is 2.14. The number of hydrogen-bond acceptors (Lipinski definition) is 3. The fourth-order valence-corrected chi connectivity index (χ4v) is 2.16. The minimum atomic E-state index is -0.257. The Morgan fingerprint density at radius 2 is 1.75 bits per heavy atom. The smallest absolute Gasteiger partial charge is 0.259 e. The molecule has 0 heterocycles. The number of amides is 1. The number of hydrogen-bond donors (Lipinski definition) is 1. The van der Waals surface area contributed by atoms with E-state index < -0.39 is 0 Å². The fraction of sp³-hybridized carbons (Fsp3) is 0.133. The van der Waals surface area contributed by atoms with Crippen LogP contribution in [0.1, 0.15) is 10.4 Å². The Morgan fingerprint density at radius 1 is 1.05 bits per heavy atom. The molecule has 104 valence electrons. The molecule has 0 fully saturated rings. The number of nitrogens with one attached hydrogen (secondary N) is 1.